The molecule has 20 heavy (non-hydrogen) atoms. The SMILES string of the molecule is S=P(Cl)(Cl)Nc1ccccc1-c1nc2ccccc2o1. The Morgan fingerprint density at radius 3 is 2.50 bits per heavy atom. The second-order valence-corrected chi connectivity index (χ2v) is 11.7. The summed E-state index contributed by atoms with van der Waals surface area (Å²) in [5.74, 6) is 0.506. The van der Waals surface area contributed by atoms with Crippen LogP contribution in [0.15, 0.2) is 52.9 Å². The molecule has 0 saturated heterocycles. The molecule has 0 radical (unpaired) electrons. The number of oxazole rings is 1. The lowest BCUT2D eigenvalue weighted by Gasteiger charge is -2.12. The molecule has 1 aromatic heterocycles. The first-order valence-corrected chi connectivity index (χ1v) is 10.4. The van der Waals surface area contributed by atoms with Crippen molar-refractivity contribution in [3.8, 4) is 11.5 Å². The van der Waals surface area contributed by atoms with Crippen molar-refractivity contribution in [1.82, 2.24) is 4.98 Å². The molecule has 102 valence electrons. The Morgan fingerprint density at radius 2 is 1.75 bits per heavy atom. The van der Waals surface area contributed by atoms with Crippen LogP contribution in [-0.4, -0.2) is 4.98 Å². The Kier molecular flexibility index (Phi) is 3.74. The van der Waals surface area contributed by atoms with E-state index in [0.717, 1.165) is 16.7 Å². The van der Waals surface area contributed by atoms with Gasteiger partial charge in [-0.15, -0.1) is 0 Å². The Labute approximate surface area is 130 Å². The van der Waals surface area contributed by atoms with Crippen LogP contribution in [0, 0.1) is 0 Å². The Bertz CT molecular complexity index is 782. The van der Waals surface area contributed by atoms with Gasteiger partial charge in [0.1, 0.15) is 5.52 Å². The predicted octanol–water partition coefficient (Wildman–Crippen LogP) is 5.61. The molecular weight excluding hydrogens is 334 g/mol. The molecule has 3 aromatic rings. The van der Waals surface area contributed by atoms with Crippen molar-refractivity contribution in [2.45, 2.75) is 0 Å². The van der Waals surface area contributed by atoms with Crippen LogP contribution in [-0.2, 0) is 11.8 Å². The van der Waals surface area contributed by atoms with Crippen LogP contribution in [0.3, 0.4) is 0 Å². The van der Waals surface area contributed by atoms with Gasteiger partial charge < -0.3 is 9.50 Å². The third-order valence-electron chi connectivity index (χ3n) is 2.70. The van der Waals surface area contributed by atoms with E-state index in [2.05, 4.69) is 10.1 Å². The number of anilines is 1. The lowest BCUT2D eigenvalue weighted by Crippen LogP contribution is -1.90. The summed E-state index contributed by atoms with van der Waals surface area (Å²) in [5, 5.41) is 2.95. The lowest BCUT2D eigenvalue weighted by atomic mass is 10.2. The number of fused-ring (bicyclic) bond motifs is 1. The van der Waals surface area contributed by atoms with Crippen molar-refractivity contribution in [3.05, 3.63) is 48.5 Å². The van der Waals surface area contributed by atoms with Crippen LogP contribution in [0.5, 0.6) is 0 Å². The zero-order valence-corrected chi connectivity index (χ0v) is 13.3. The molecule has 3 rings (SSSR count). The molecule has 0 aliphatic heterocycles. The molecule has 0 fully saturated rings. The van der Waals surface area contributed by atoms with Crippen molar-refractivity contribution in [2.24, 2.45) is 0 Å². The largest absolute Gasteiger partial charge is 0.436 e. The van der Waals surface area contributed by atoms with E-state index in [0.29, 0.717) is 11.6 Å². The molecule has 0 aliphatic carbocycles. The average Bonchev–Trinajstić information content (AvgIpc) is 2.81. The maximum atomic E-state index is 5.94. The van der Waals surface area contributed by atoms with E-state index in [1.807, 2.05) is 48.5 Å². The fourth-order valence-corrected chi connectivity index (χ4v) is 3.21. The van der Waals surface area contributed by atoms with Gasteiger partial charge in [-0.05, 0) is 58.6 Å². The van der Waals surface area contributed by atoms with E-state index < -0.39 is 4.89 Å². The van der Waals surface area contributed by atoms with Crippen LogP contribution < -0.4 is 5.09 Å². The summed E-state index contributed by atoms with van der Waals surface area (Å²) in [7, 11) is 0. The second-order valence-electron chi connectivity index (χ2n) is 4.11. The number of hydrogen-bond acceptors (Lipinski definition) is 3. The van der Waals surface area contributed by atoms with Crippen molar-refractivity contribution in [3.63, 3.8) is 0 Å². The number of nitrogens with zero attached hydrogens (tertiary/aromatic N) is 1. The molecule has 0 unspecified atom stereocenters. The van der Waals surface area contributed by atoms with Gasteiger partial charge in [0.15, 0.2) is 5.58 Å². The average molecular weight is 343 g/mol. The van der Waals surface area contributed by atoms with E-state index in [9.17, 15) is 0 Å². The van der Waals surface area contributed by atoms with Gasteiger partial charge in [-0.1, -0.05) is 24.3 Å². The first-order chi connectivity index (χ1) is 9.53. The molecule has 0 spiro atoms. The van der Waals surface area contributed by atoms with Crippen molar-refractivity contribution in [1.29, 1.82) is 0 Å². The van der Waals surface area contributed by atoms with E-state index in [1.54, 1.807) is 0 Å². The highest BCUT2D eigenvalue weighted by atomic mass is 35.9. The van der Waals surface area contributed by atoms with Crippen molar-refractivity contribution < 1.29 is 4.42 Å². The lowest BCUT2D eigenvalue weighted by molar-refractivity contribution is 0.620. The molecule has 0 saturated carbocycles. The smallest absolute Gasteiger partial charge is 0.229 e. The van der Waals surface area contributed by atoms with Crippen LogP contribution in [0.4, 0.5) is 5.69 Å². The molecule has 0 amide bonds. The summed E-state index contributed by atoms with van der Waals surface area (Å²) in [5.41, 5.74) is 3.02. The molecular formula is C13H9Cl2N2OPS. The van der Waals surface area contributed by atoms with Gasteiger partial charge in [0.25, 0.3) is 0 Å². The van der Waals surface area contributed by atoms with E-state index in [4.69, 9.17) is 38.7 Å². The van der Waals surface area contributed by atoms with Crippen LogP contribution in [0.1, 0.15) is 0 Å². The summed E-state index contributed by atoms with van der Waals surface area (Å²) in [6.07, 6.45) is 0. The third kappa shape index (κ3) is 2.99. The van der Waals surface area contributed by atoms with Gasteiger partial charge in [0.05, 0.1) is 11.3 Å². The molecule has 3 nitrogen and oxygen atoms in total. The number of nitrogens with one attached hydrogen (secondary N) is 1. The minimum absolute atomic E-state index is 0.506. The van der Waals surface area contributed by atoms with Crippen LogP contribution >= 0.6 is 27.4 Å². The minimum atomic E-state index is -2.61. The highest BCUT2D eigenvalue weighted by Crippen LogP contribution is 2.57. The van der Waals surface area contributed by atoms with E-state index in [-0.39, 0.29) is 0 Å². The highest BCUT2D eigenvalue weighted by molar-refractivity contribution is 8.39. The summed E-state index contributed by atoms with van der Waals surface area (Å²) in [6, 6.07) is 15.1. The fraction of sp³-hybridized carbons (Fsp3) is 0. The highest BCUT2D eigenvalue weighted by Gasteiger charge is 2.15. The Hall–Kier alpha value is -1.06. The number of para-hydroxylation sites is 3. The molecule has 0 aliphatic rings. The number of rotatable bonds is 3. The second kappa shape index (κ2) is 5.38. The van der Waals surface area contributed by atoms with Crippen LogP contribution in [0.25, 0.3) is 22.6 Å². The maximum absolute atomic E-state index is 5.94. The summed E-state index contributed by atoms with van der Waals surface area (Å²) in [4.78, 5) is 1.85. The molecule has 2 aromatic carbocycles. The number of hydrogen-bond donors (Lipinski definition) is 1. The first-order valence-electron chi connectivity index (χ1n) is 5.75. The van der Waals surface area contributed by atoms with Crippen molar-refractivity contribution >= 4 is 56.0 Å². The first kappa shape index (κ1) is 13.9. The van der Waals surface area contributed by atoms with Gasteiger partial charge in [0.2, 0.25) is 10.8 Å². The number of benzene rings is 2. The molecule has 0 atom stereocenters. The van der Waals surface area contributed by atoms with E-state index >= 15 is 0 Å². The summed E-state index contributed by atoms with van der Waals surface area (Å²) in [6.45, 7) is 0. The topological polar surface area (TPSA) is 38.1 Å². The van der Waals surface area contributed by atoms with E-state index in [1.165, 1.54) is 0 Å². The molecule has 7 heteroatoms. The monoisotopic (exact) mass is 342 g/mol. The van der Waals surface area contributed by atoms with Crippen molar-refractivity contribution in [2.75, 3.05) is 5.09 Å². The molecule has 1 N–H and O–H groups in total. The summed E-state index contributed by atoms with van der Waals surface area (Å²) < 4.78 is 5.75. The molecule has 0 bridgehead atoms. The minimum Gasteiger partial charge on any atom is -0.436 e. The van der Waals surface area contributed by atoms with Gasteiger partial charge in [-0.2, -0.15) is 0 Å². The van der Waals surface area contributed by atoms with Gasteiger partial charge in [-0.3, -0.25) is 0 Å². The zero-order valence-electron chi connectivity index (χ0n) is 10.1. The van der Waals surface area contributed by atoms with Gasteiger partial charge in [-0.25, -0.2) is 4.98 Å². The zero-order chi connectivity index (χ0) is 14.2. The Morgan fingerprint density at radius 1 is 1.05 bits per heavy atom. The maximum Gasteiger partial charge on any atom is 0.229 e. The standard InChI is InChI=1S/C13H9Cl2N2OPS/c14-19(15,20)17-10-6-2-1-5-9(10)13-16-11-7-3-4-8-12(11)18-13/h1-8H,(H,17,20). The summed E-state index contributed by atoms with van der Waals surface area (Å²) >= 11 is 16.9. The predicted molar refractivity (Wildman–Crippen MR) is 89.1 cm³/mol. The Balaban J connectivity index is 2.11. The fourth-order valence-electron chi connectivity index (χ4n) is 1.89. The quantitative estimate of drug-likeness (QED) is 0.628. The number of aromatic nitrogens is 1. The van der Waals surface area contributed by atoms with Crippen LogP contribution in [0.2, 0.25) is 0 Å². The van der Waals surface area contributed by atoms with Gasteiger partial charge >= 0.3 is 0 Å². The van der Waals surface area contributed by atoms with Gasteiger partial charge in [0, 0.05) is 0 Å². The normalized spacial score (nSPS) is 11.7. The number of halogens is 2. The molecule has 1 heterocycles. The third-order valence-corrected chi connectivity index (χ3v) is 3.98.